The fraction of sp³-hybridized carbons (Fsp3) is 0.667. The van der Waals surface area contributed by atoms with Crippen LogP contribution in [0.5, 0.6) is 0 Å². The minimum atomic E-state index is -4.47. The van der Waals surface area contributed by atoms with Crippen molar-refractivity contribution in [1.82, 2.24) is 9.78 Å². The predicted molar refractivity (Wildman–Crippen MR) is 55.2 cm³/mol. The summed E-state index contributed by atoms with van der Waals surface area (Å²) in [6.07, 6.45) is -3.86. The zero-order valence-electron chi connectivity index (χ0n) is 8.98. The third-order valence-corrected chi connectivity index (χ3v) is 2.66. The fourth-order valence-corrected chi connectivity index (χ4v) is 1.59. The van der Waals surface area contributed by atoms with Gasteiger partial charge in [0.25, 0.3) is 0 Å². The van der Waals surface area contributed by atoms with E-state index in [0.29, 0.717) is 6.42 Å². The molecule has 92 valence electrons. The van der Waals surface area contributed by atoms with Gasteiger partial charge < -0.3 is 5.73 Å². The van der Waals surface area contributed by atoms with Crippen molar-refractivity contribution in [2.24, 2.45) is 12.8 Å². The molecule has 1 rings (SSSR count). The van der Waals surface area contributed by atoms with Gasteiger partial charge in [0.1, 0.15) is 5.15 Å². The Hall–Kier alpha value is -0.750. The van der Waals surface area contributed by atoms with E-state index < -0.39 is 11.9 Å². The zero-order chi connectivity index (χ0) is 12.5. The first kappa shape index (κ1) is 13.3. The third-order valence-electron chi connectivity index (χ3n) is 2.19. The lowest BCUT2D eigenvalue weighted by molar-refractivity contribution is -0.142. The average molecular weight is 256 g/mol. The number of alkyl halides is 3. The molecule has 0 radical (unpaired) electrons. The monoisotopic (exact) mass is 255 g/mol. The molecule has 2 N–H and O–H groups in total. The van der Waals surface area contributed by atoms with Gasteiger partial charge in [-0.1, -0.05) is 11.6 Å². The number of hydrogen-bond acceptors (Lipinski definition) is 2. The molecule has 3 nitrogen and oxygen atoms in total. The number of rotatable bonds is 3. The summed E-state index contributed by atoms with van der Waals surface area (Å²) < 4.78 is 38.8. The van der Waals surface area contributed by atoms with Crippen molar-refractivity contribution in [3.05, 3.63) is 16.4 Å². The van der Waals surface area contributed by atoms with E-state index in [1.54, 1.807) is 6.92 Å². The SMILES string of the molecule is C[C@H](N)CCc1c(C(F)(F)F)nn(C)c1Cl. The topological polar surface area (TPSA) is 43.8 Å². The van der Waals surface area contributed by atoms with Crippen LogP contribution in [0.1, 0.15) is 24.6 Å². The second-order valence-corrected chi connectivity index (χ2v) is 4.11. The molecule has 0 fully saturated rings. The maximum absolute atomic E-state index is 12.6. The smallest absolute Gasteiger partial charge is 0.328 e. The first-order valence-electron chi connectivity index (χ1n) is 4.77. The summed E-state index contributed by atoms with van der Waals surface area (Å²) >= 11 is 5.76. The Kier molecular flexibility index (Phi) is 3.85. The number of nitrogens with zero attached hydrogens (tertiary/aromatic N) is 2. The molecule has 1 aromatic rings. The van der Waals surface area contributed by atoms with Crippen molar-refractivity contribution >= 4 is 11.6 Å². The molecule has 0 aromatic carbocycles. The highest BCUT2D eigenvalue weighted by Gasteiger charge is 2.38. The van der Waals surface area contributed by atoms with E-state index in [-0.39, 0.29) is 23.2 Å². The molecule has 7 heteroatoms. The highest BCUT2D eigenvalue weighted by Crippen LogP contribution is 2.34. The maximum Gasteiger partial charge on any atom is 0.435 e. The standard InChI is InChI=1S/C9H13ClF3N3/c1-5(14)3-4-6-7(9(11,12)13)15-16(2)8(6)10/h5H,3-4,14H2,1-2H3/t5-/m0/s1. The molecule has 0 aliphatic heterocycles. The molecule has 0 aliphatic carbocycles. The lowest BCUT2D eigenvalue weighted by Gasteiger charge is -2.07. The van der Waals surface area contributed by atoms with Crippen molar-refractivity contribution in [2.45, 2.75) is 32.0 Å². The second-order valence-electron chi connectivity index (χ2n) is 3.76. The van der Waals surface area contributed by atoms with Gasteiger partial charge in [-0.3, -0.25) is 4.68 Å². The van der Waals surface area contributed by atoms with E-state index in [1.807, 2.05) is 0 Å². The van der Waals surface area contributed by atoms with E-state index in [9.17, 15) is 13.2 Å². The van der Waals surface area contributed by atoms with Crippen molar-refractivity contribution in [3.63, 3.8) is 0 Å². The molecule has 1 atom stereocenters. The summed E-state index contributed by atoms with van der Waals surface area (Å²) in [5.41, 5.74) is 4.61. The Balaban J connectivity index is 3.05. The van der Waals surface area contributed by atoms with Crippen LogP contribution in [0.25, 0.3) is 0 Å². The molecule has 0 saturated carbocycles. The van der Waals surface area contributed by atoms with Crippen LogP contribution in [-0.4, -0.2) is 15.8 Å². The zero-order valence-corrected chi connectivity index (χ0v) is 9.73. The van der Waals surface area contributed by atoms with Crippen LogP contribution in [0.15, 0.2) is 0 Å². The Labute approximate surface area is 96.4 Å². The Morgan fingerprint density at radius 2 is 2.06 bits per heavy atom. The fourth-order valence-electron chi connectivity index (χ4n) is 1.37. The molecule has 0 saturated heterocycles. The number of nitrogens with two attached hydrogens (primary N) is 1. The van der Waals surface area contributed by atoms with E-state index in [2.05, 4.69) is 5.10 Å². The van der Waals surface area contributed by atoms with Crippen LogP contribution in [0.3, 0.4) is 0 Å². The summed E-state index contributed by atoms with van der Waals surface area (Å²) in [6.45, 7) is 1.73. The van der Waals surface area contributed by atoms with Gasteiger partial charge in [0.05, 0.1) is 0 Å². The van der Waals surface area contributed by atoms with Crippen LogP contribution in [-0.2, 0) is 19.6 Å². The van der Waals surface area contributed by atoms with Gasteiger partial charge in [-0.05, 0) is 19.8 Å². The number of hydrogen-bond donors (Lipinski definition) is 1. The summed E-state index contributed by atoms with van der Waals surface area (Å²) in [7, 11) is 1.38. The van der Waals surface area contributed by atoms with Gasteiger partial charge in [0.2, 0.25) is 0 Å². The third kappa shape index (κ3) is 2.89. The normalized spacial score (nSPS) is 14.2. The molecule has 0 spiro atoms. The van der Waals surface area contributed by atoms with E-state index >= 15 is 0 Å². The number of aryl methyl sites for hydroxylation is 1. The first-order valence-corrected chi connectivity index (χ1v) is 5.15. The van der Waals surface area contributed by atoms with Crippen LogP contribution < -0.4 is 5.73 Å². The molecular formula is C9H13ClF3N3. The van der Waals surface area contributed by atoms with Gasteiger partial charge in [0, 0.05) is 18.7 Å². The Morgan fingerprint density at radius 3 is 2.50 bits per heavy atom. The molecule has 16 heavy (non-hydrogen) atoms. The van der Waals surface area contributed by atoms with Gasteiger partial charge in [0.15, 0.2) is 5.69 Å². The average Bonchev–Trinajstić information content (AvgIpc) is 2.40. The van der Waals surface area contributed by atoms with Gasteiger partial charge in [-0.15, -0.1) is 0 Å². The van der Waals surface area contributed by atoms with Gasteiger partial charge >= 0.3 is 6.18 Å². The van der Waals surface area contributed by atoms with Crippen molar-refractivity contribution in [3.8, 4) is 0 Å². The molecule has 1 aromatic heterocycles. The van der Waals surface area contributed by atoms with Crippen LogP contribution in [0.2, 0.25) is 5.15 Å². The predicted octanol–water partition coefficient (Wildman–Crippen LogP) is 2.37. The summed E-state index contributed by atoms with van der Waals surface area (Å²) in [5, 5.41) is 3.40. The molecule has 0 amide bonds. The van der Waals surface area contributed by atoms with Crippen LogP contribution in [0, 0.1) is 0 Å². The molecular weight excluding hydrogens is 243 g/mol. The van der Waals surface area contributed by atoms with Crippen molar-refractivity contribution < 1.29 is 13.2 Å². The molecule has 0 unspecified atom stereocenters. The molecule has 0 aliphatic rings. The van der Waals surface area contributed by atoms with Crippen molar-refractivity contribution in [1.29, 1.82) is 0 Å². The molecule has 0 bridgehead atoms. The van der Waals surface area contributed by atoms with Crippen molar-refractivity contribution in [2.75, 3.05) is 0 Å². The first-order chi connectivity index (χ1) is 7.23. The lowest BCUT2D eigenvalue weighted by Crippen LogP contribution is -2.17. The summed E-state index contributed by atoms with van der Waals surface area (Å²) in [5.74, 6) is 0. The molecule has 1 heterocycles. The minimum absolute atomic E-state index is 0.0213. The van der Waals surface area contributed by atoms with E-state index in [4.69, 9.17) is 17.3 Å². The Bertz CT molecular complexity index is 371. The largest absolute Gasteiger partial charge is 0.435 e. The van der Waals surface area contributed by atoms with Crippen LogP contribution >= 0.6 is 11.6 Å². The lowest BCUT2D eigenvalue weighted by atomic mass is 10.1. The number of halogens is 4. The highest BCUT2D eigenvalue weighted by atomic mass is 35.5. The maximum atomic E-state index is 12.6. The Morgan fingerprint density at radius 1 is 1.50 bits per heavy atom. The van der Waals surface area contributed by atoms with E-state index in [0.717, 1.165) is 4.68 Å². The highest BCUT2D eigenvalue weighted by molar-refractivity contribution is 6.30. The number of aromatic nitrogens is 2. The summed E-state index contributed by atoms with van der Waals surface area (Å²) in [6, 6.07) is -0.169. The minimum Gasteiger partial charge on any atom is -0.328 e. The quantitative estimate of drug-likeness (QED) is 0.901. The second kappa shape index (κ2) is 4.63. The van der Waals surface area contributed by atoms with Gasteiger partial charge in [-0.25, -0.2) is 0 Å². The summed E-state index contributed by atoms with van der Waals surface area (Å²) in [4.78, 5) is 0. The van der Waals surface area contributed by atoms with Gasteiger partial charge in [-0.2, -0.15) is 18.3 Å². The van der Waals surface area contributed by atoms with Crippen LogP contribution in [0.4, 0.5) is 13.2 Å². The van der Waals surface area contributed by atoms with E-state index in [1.165, 1.54) is 7.05 Å².